The monoisotopic (exact) mass is 194 g/mol. The Morgan fingerprint density at radius 3 is 2.82 bits per heavy atom. The summed E-state index contributed by atoms with van der Waals surface area (Å²) in [5.41, 5.74) is 5.60. The Kier molecular flexibility index (Phi) is 2.35. The Bertz CT molecular complexity index is 193. The maximum Gasteiger partial charge on any atom is 0.0944 e. The molecule has 0 saturated heterocycles. The third kappa shape index (κ3) is 1.34. The van der Waals surface area contributed by atoms with E-state index in [0.29, 0.717) is 17.9 Å². The van der Waals surface area contributed by atoms with Gasteiger partial charge in [-0.25, -0.2) is 0 Å². The van der Waals surface area contributed by atoms with Gasteiger partial charge in [0.1, 0.15) is 0 Å². The van der Waals surface area contributed by atoms with Crippen LogP contribution in [0.25, 0.3) is 0 Å². The molecule has 0 bridgehead atoms. The van der Waals surface area contributed by atoms with Crippen LogP contribution in [-0.2, 0) is 0 Å². The number of alkyl halides is 1. The summed E-state index contributed by atoms with van der Waals surface area (Å²) < 4.78 is 0. The predicted molar refractivity (Wildman–Crippen MR) is 49.6 cm³/mol. The summed E-state index contributed by atoms with van der Waals surface area (Å²) in [7, 11) is 0. The zero-order chi connectivity index (χ0) is 7.30. The van der Waals surface area contributed by atoms with E-state index in [0.717, 1.165) is 12.3 Å². The number of halogens is 2. The number of aliphatic imine (C=N–C) groups is 1. The molecule has 1 heterocycles. The molecule has 1 aliphatic heterocycles. The molecule has 2 N–H and O–H groups in total. The van der Waals surface area contributed by atoms with Crippen LogP contribution >= 0.6 is 24.0 Å². The highest BCUT2D eigenvalue weighted by Crippen LogP contribution is 2.48. The summed E-state index contributed by atoms with van der Waals surface area (Å²) >= 11 is 5.96. The van der Waals surface area contributed by atoms with E-state index in [1.807, 2.05) is 0 Å². The van der Waals surface area contributed by atoms with Gasteiger partial charge >= 0.3 is 0 Å². The van der Waals surface area contributed by atoms with Crippen LogP contribution in [-0.4, -0.2) is 17.3 Å². The van der Waals surface area contributed by atoms with Crippen LogP contribution in [0.2, 0.25) is 0 Å². The molecule has 0 aromatic rings. The Labute approximate surface area is 77.6 Å². The lowest BCUT2D eigenvalue weighted by Gasteiger charge is -2.13. The van der Waals surface area contributed by atoms with E-state index in [2.05, 4.69) is 11.9 Å². The van der Waals surface area contributed by atoms with E-state index < -0.39 is 0 Å². The molecule has 1 unspecified atom stereocenters. The lowest BCUT2D eigenvalue weighted by atomic mass is 9.99. The van der Waals surface area contributed by atoms with Gasteiger partial charge in [-0.15, -0.1) is 24.0 Å². The Morgan fingerprint density at radius 1 is 1.64 bits per heavy atom. The minimum Gasteiger partial charge on any atom is -0.387 e. The number of hydrogen-bond donors (Lipinski definition) is 1. The van der Waals surface area contributed by atoms with Gasteiger partial charge in [0.25, 0.3) is 0 Å². The van der Waals surface area contributed by atoms with Crippen LogP contribution in [0.3, 0.4) is 0 Å². The van der Waals surface area contributed by atoms with Gasteiger partial charge in [-0.2, -0.15) is 0 Å². The summed E-state index contributed by atoms with van der Waals surface area (Å²) in [6.07, 6.45) is 0.935. The minimum absolute atomic E-state index is 0. The maximum atomic E-state index is 5.96. The maximum absolute atomic E-state index is 5.96. The molecule has 0 aromatic heterocycles. The molecular weight excluding hydrogens is 183 g/mol. The molecule has 4 heteroatoms. The van der Waals surface area contributed by atoms with Gasteiger partial charge in [-0.05, 0) is 5.92 Å². The van der Waals surface area contributed by atoms with Crippen LogP contribution in [0.1, 0.15) is 13.3 Å². The van der Waals surface area contributed by atoms with E-state index in [1.165, 1.54) is 0 Å². The fraction of sp³-hybridized carbons (Fsp3) is 0.857. The van der Waals surface area contributed by atoms with Crippen molar-refractivity contribution in [2.45, 2.75) is 24.8 Å². The number of hydrogen-bond acceptors (Lipinski definition) is 2. The lowest BCUT2D eigenvalue weighted by molar-refractivity contribution is 0.499. The largest absolute Gasteiger partial charge is 0.387 e. The van der Waals surface area contributed by atoms with Crippen molar-refractivity contribution < 1.29 is 0 Å². The van der Waals surface area contributed by atoms with Crippen LogP contribution in [0.5, 0.6) is 0 Å². The van der Waals surface area contributed by atoms with Gasteiger partial charge in [0.15, 0.2) is 0 Å². The third-order valence-electron chi connectivity index (χ3n) is 2.45. The third-order valence-corrected chi connectivity index (χ3v) is 3.00. The van der Waals surface area contributed by atoms with Crippen molar-refractivity contribution in [2.75, 3.05) is 0 Å². The summed E-state index contributed by atoms with van der Waals surface area (Å²) in [6.45, 7) is 2.20. The molecule has 1 fully saturated rings. The van der Waals surface area contributed by atoms with Gasteiger partial charge in [-0.1, -0.05) is 6.92 Å². The van der Waals surface area contributed by atoms with Gasteiger partial charge in [0.05, 0.1) is 17.3 Å². The van der Waals surface area contributed by atoms with Crippen LogP contribution in [0.15, 0.2) is 4.99 Å². The Morgan fingerprint density at radius 2 is 2.27 bits per heavy atom. The predicted octanol–water partition coefficient (Wildman–Crippen LogP) is 1.41. The number of nitrogens with zero attached hydrogens (tertiary/aromatic N) is 1. The first-order valence-corrected chi connectivity index (χ1v) is 4.10. The lowest BCUT2D eigenvalue weighted by Crippen LogP contribution is -2.22. The van der Waals surface area contributed by atoms with Crippen molar-refractivity contribution in [1.82, 2.24) is 0 Å². The van der Waals surface area contributed by atoms with Crippen molar-refractivity contribution in [3.8, 4) is 0 Å². The molecule has 11 heavy (non-hydrogen) atoms. The first kappa shape index (κ1) is 9.14. The SMILES string of the molecule is CC1CC(N)=N[C@@H]2[C@@H](Cl)[C@@H]12.Cl. The van der Waals surface area contributed by atoms with Gasteiger partial charge in [-0.3, -0.25) is 4.99 Å². The van der Waals surface area contributed by atoms with Crippen LogP contribution in [0.4, 0.5) is 0 Å². The van der Waals surface area contributed by atoms with Gasteiger partial charge in [0, 0.05) is 12.3 Å². The highest BCUT2D eigenvalue weighted by Gasteiger charge is 2.54. The summed E-state index contributed by atoms with van der Waals surface area (Å²) in [5, 5.41) is 0.274. The zero-order valence-corrected chi connectivity index (χ0v) is 7.90. The number of amidine groups is 1. The van der Waals surface area contributed by atoms with Gasteiger partial charge in [0.2, 0.25) is 0 Å². The first-order chi connectivity index (χ1) is 4.70. The zero-order valence-electron chi connectivity index (χ0n) is 6.33. The van der Waals surface area contributed by atoms with E-state index in [9.17, 15) is 0 Å². The molecule has 4 atom stereocenters. The van der Waals surface area contributed by atoms with Crippen molar-refractivity contribution in [3.05, 3.63) is 0 Å². The van der Waals surface area contributed by atoms with Gasteiger partial charge < -0.3 is 5.73 Å². The number of fused-ring (bicyclic) bond motifs is 1. The molecule has 2 rings (SSSR count). The van der Waals surface area contributed by atoms with Crippen LogP contribution in [0, 0.1) is 11.8 Å². The Balaban J connectivity index is 0.000000605. The fourth-order valence-electron chi connectivity index (χ4n) is 1.80. The van der Waals surface area contributed by atoms with Crippen LogP contribution < -0.4 is 5.73 Å². The van der Waals surface area contributed by atoms with Crippen molar-refractivity contribution in [1.29, 1.82) is 0 Å². The highest BCUT2D eigenvalue weighted by atomic mass is 35.5. The average molecular weight is 195 g/mol. The van der Waals surface area contributed by atoms with Crippen molar-refractivity contribution in [2.24, 2.45) is 22.6 Å². The highest BCUT2D eigenvalue weighted by molar-refractivity contribution is 6.23. The average Bonchev–Trinajstić information content (AvgIpc) is 2.42. The second-order valence-electron chi connectivity index (χ2n) is 3.31. The summed E-state index contributed by atoms with van der Waals surface area (Å²) in [6, 6.07) is 0.352. The van der Waals surface area contributed by atoms with Crippen molar-refractivity contribution >= 4 is 29.8 Å². The van der Waals surface area contributed by atoms with Crippen molar-refractivity contribution in [3.63, 3.8) is 0 Å². The topological polar surface area (TPSA) is 38.4 Å². The number of rotatable bonds is 0. The van der Waals surface area contributed by atoms with E-state index in [4.69, 9.17) is 17.3 Å². The first-order valence-electron chi connectivity index (χ1n) is 3.66. The molecule has 1 aliphatic carbocycles. The quantitative estimate of drug-likeness (QED) is 0.583. The van der Waals surface area contributed by atoms with E-state index in [-0.39, 0.29) is 17.8 Å². The molecule has 0 spiro atoms. The number of nitrogens with two attached hydrogens (primary N) is 1. The second kappa shape index (κ2) is 2.83. The molecule has 1 saturated carbocycles. The van der Waals surface area contributed by atoms with E-state index in [1.54, 1.807) is 0 Å². The Hall–Kier alpha value is 0.0500. The molecular formula is C7H12Cl2N2. The molecule has 2 nitrogen and oxygen atoms in total. The molecule has 0 aromatic carbocycles. The second-order valence-corrected chi connectivity index (χ2v) is 3.82. The summed E-state index contributed by atoms with van der Waals surface area (Å²) in [5.74, 6) is 2.05. The standard InChI is InChI=1S/C7H11ClN2.ClH/c1-3-2-4(9)10-7-5(3)6(7)8;/h3,5-7H,2H2,1H3,(H2,9,10);1H/t3?,5-,6+,7+;/m1./s1. The minimum atomic E-state index is 0. The smallest absolute Gasteiger partial charge is 0.0944 e. The summed E-state index contributed by atoms with van der Waals surface area (Å²) in [4.78, 5) is 4.25. The van der Waals surface area contributed by atoms with E-state index >= 15 is 0 Å². The molecule has 0 amide bonds. The fourth-order valence-corrected chi connectivity index (χ4v) is 2.34. The normalized spacial score (nSPS) is 46.9. The molecule has 2 aliphatic rings. The molecule has 64 valence electrons. The molecule has 0 radical (unpaired) electrons.